The molecule has 15 heavy (non-hydrogen) atoms. The summed E-state index contributed by atoms with van der Waals surface area (Å²) >= 11 is 0. The van der Waals surface area contributed by atoms with E-state index < -0.39 is 0 Å². The third-order valence-electron chi connectivity index (χ3n) is 4.60. The van der Waals surface area contributed by atoms with E-state index in [9.17, 15) is 0 Å². The van der Waals surface area contributed by atoms with E-state index in [-0.39, 0.29) is 0 Å². The zero-order valence-electron chi connectivity index (χ0n) is 10.1. The van der Waals surface area contributed by atoms with Gasteiger partial charge in [-0.1, -0.05) is 32.1 Å². The van der Waals surface area contributed by atoms with Crippen LogP contribution in [-0.4, -0.2) is 31.1 Å². The van der Waals surface area contributed by atoms with Gasteiger partial charge < -0.3 is 10.6 Å². The summed E-state index contributed by atoms with van der Waals surface area (Å²) in [7, 11) is 2.29. The first-order valence-electron chi connectivity index (χ1n) is 6.73. The molecule has 1 heterocycles. The molecule has 1 aliphatic heterocycles. The normalized spacial score (nSPS) is 32.0. The topological polar surface area (TPSA) is 29.3 Å². The maximum absolute atomic E-state index is 6.02. The fraction of sp³-hybridized carbons (Fsp3) is 1.00. The van der Waals surface area contributed by atoms with Gasteiger partial charge in [0.1, 0.15) is 0 Å². The van der Waals surface area contributed by atoms with Crippen molar-refractivity contribution >= 4 is 0 Å². The Balaban J connectivity index is 1.97. The molecule has 2 aliphatic rings. The maximum atomic E-state index is 6.02. The third-order valence-corrected chi connectivity index (χ3v) is 4.60. The van der Waals surface area contributed by atoms with E-state index in [4.69, 9.17) is 5.73 Å². The Kier molecular flexibility index (Phi) is 4.04. The Morgan fingerprint density at radius 1 is 1.13 bits per heavy atom. The van der Waals surface area contributed by atoms with Crippen molar-refractivity contribution in [3.05, 3.63) is 0 Å². The molecule has 0 bridgehead atoms. The van der Waals surface area contributed by atoms with Gasteiger partial charge in [-0.25, -0.2) is 0 Å². The summed E-state index contributed by atoms with van der Waals surface area (Å²) < 4.78 is 0. The second-order valence-corrected chi connectivity index (χ2v) is 5.49. The Morgan fingerprint density at radius 3 is 2.40 bits per heavy atom. The molecule has 0 amide bonds. The zero-order chi connectivity index (χ0) is 10.7. The molecule has 1 saturated heterocycles. The first-order chi connectivity index (χ1) is 7.33. The van der Waals surface area contributed by atoms with Crippen LogP contribution in [0.15, 0.2) is 0 Å². The van der Waals surface area contributed by atoms with Gasteiger partial charge in [-0.05, 0) is 44.8 Å². The highest BCUT2D eigenvalue weighted by Crippen LogP contribution is 2.36. The van der Waals surface area contributed by atoms with Gasteiger partial charge >= 0.3 is 0 Å². The van der Waals surface area contributed by atoms with Gasteiger partial charge in [0.2, 0.25) is 0 Å². The summed E-state index contributed by atoms with van der Waals surface area (Å²) in [6, 6.07) is 0.784. The molecule has 0 aromatic heterocycles. The number of likely N-dealkylation sites (tertiary alicyclic amines) is 1. The minimum absolute atomic E-state index is 0.776. The predicted molar refractivity (Wildman–Crippen MR) is 64.8 cm³/mol. The molecule has 2 rings (SSSR count). The number of nitrogens with zero attached hydrogens (tertiary/aromatic N) is 1. The largest absolute Gasteiger partial charge is 0.330 e. The van der Waals surface area contributed by atoms with Crippen molar-refractivity contribution in [3.63, 3.8) is 0 Å². The van der Waals surface area contributed by atoms with Gasteiger partial charge in [-0.3, -0.25) is 0 Å². The molecule has 2 unspecified atom stereocenters. The molecule has 0 spiro atoms. The van der Waals surface area contributed by atoms with Crippen LogP contribution >= 0.6 is 0 Å². The Labute approximate surface area is 94.2 Å². The van der Waals surface area contributed by atoms with Crippen molar-refractivity contribution in [2.24, 2.45) is 17.6 Å². The molecule has 0 radical (unpaired) electrons. The average Bonchev–Trinajstić information content (AvgIpc) is 2.75. The van der Waals surface area contributed by atoms with Gasteiger partial charge in [0.25, 0.3) is 0 Å². The molecule has 2 heteroatoms. The lowest BCUT2D eigenvalue weighted by molar-refractivity contribution is 0.0998. The lowest BCUT2D eigenvalue weighted by Gasteiger charge is -2.40. The van der Waals surface area contributed by atoms with Crippen molar-refractivity contribution in [1.82, 2.24) is 4.90 Å². The van der Waals surface area contributed by atoms with Crippen LogP contribution in [0.1, 0.15) is 44.9 Å². The van der Waals surface area contributed by atoms with E-state index in [0.717, 1.165) is 24.4 Å². The molecular weight excluding hydrogens is 184 g/mol. The highest BCUT2D eigenvalue weighted by Gasteiger charge is 2.33. The monoisotopic (exact) mass is 210 g/mol. The summed E-state index contributed by atoms with van der Waals surface area (Å²) in [5.74, 6) is 1.71. The lowest BCUT2D eigenvalue weighted by atomic mass is 9.80. The number of hydrogen-bond donors (Lipinski definition) is 1. The van der Waals surface area contributed by atoms with Crippen LogP contribution in [0.4, 0.5) is 0 Å². The molecule has 0 aromatic rings. The van der Waals surface area contributed by atoms with Crippen LogP contribution in [0.2, 0.25) is 0 Å². The van der Waals surface area contributed by atoms with Crippen molar-refractivity contribution in [2.75, 3.05) is 20.1 Å². The highest BCUT2D eigenvalue weighted by atomic mass is 15.1. The minimum Gasteiger partial charge on any atom is -0.330 e. The molecule has 0 aromatic carbocycles. The second kappa shape index (κ2) is 5.31. The van der Waals surface area contributed by atoms with Crippen LogP contribution in [0.25, 0.3) is 0 Å². The average molecular weight is 210 g/mol. The molecule has 2 N–H and O–H groups in total. The van der Waals surface area contributed by atoms with E-state index in [1.165, 1.54) is 51.5 Å². The van der Waals surface area contributed by atoms with Crippen molar-refractivity contribution in [3.8, 4) is 0 Å². The summed E-state index contributed by atoms with van der Waals surface area (Å²) in [5.41, 5.74) is 6.02. The van der Waals surface area contributed by atoms with Crippen molar-refractivity contribution in [1.29, 1.82) is 0 Å². The number of piperidine rings is 1. The minimum atomic E-state index is 0.776. The van der Waals surface area contributed by atoms with Gasteiger partial charge in [0, 0.05) is 6.04 Å². The second-order valence-electron chi connectivity index (χ2n) is 5.49. The van der Waals surface area contributed by atoms with Gasteiger partial charge in [0.15, 0.2) is 0 Å². The van der Waals surface area contributed by atoms with Crippen LogP contribution in [0.3, 0.4) is 0 Å². The summed E-state index contributed by atoms with van der Waals surface area (Å²) in [6.45, 7) is 2.19. The molecule has 1 aliphatic carbocycles. The van der Waals surface area contributed by atoms with E-state index in [1.807, 2.05) is 0 Å². The predicted octanol–water partition coefficient (Wildman–Crippen LogP) is 2.24. The number of rotatable bonds is 3. The quantitative estimate of drug-likeness (QED) is 0.774. The molecule has 1 saturated carbocycles. The van der Waals surface area contributed by atoms with Crippen LogP contribution < -0.4 is 5.73 Å². The molecule has 88 valence electrons. The first kappa shape index (κ1) is 11.4. The van der Waals surface area contributed by atoms with Crippen molar-refractivity contribution < 1.29 is 0 Å². The van der Waals surface area contributed by atoms with Crippen LogP contribution in [0.5, 0.6) is 0 Å². The van der Waals surface area contributed by atoms with Gasteiger partial charge in [0.05, 0.1) is 0 Å². The van der Waals surface area contributed by atoms with E-state index in [1.54, 1.807) is 0 Å². The smallest absolute Gasteiger partial charge is 0.0135 e. The van der Waals surface area contributed by atoms with Gasteiger partial charge in [-0.2, -0.15) is 0 Å². The fourth-order valence-electron chi connectivity index (χ4n) is 3.69. The van der Waals surface area contributed by atoms with E-state index >= 15 is 0 Å². The molecule has 2 fully saturated rings. The number of nitrogens with two attached hydrogens (primary N) is 1. The SMILES string of the molecule is CN1CCCCC1C(CN)C1CCCC1. The Bertz CT molecular complexity index is 187. The Morgan fingerprint density at radius 2 is 1.80 bits per heavy atom. The third kappa shape index (κ3) is 2.54. The first-order valence-corrected chi connectivity index (χ1v) is 6.73. The lowest BCUT2D eigenvalue weighted by Crippen LogP contribution is -2.46. The highest BCUT2D eigenvalue weighted by molar-refractivity contribution is 4.87. The van der Waals surface area contributed by atoms with Crippen LogP contribution in [0, 0.1) is 11.8 Å². The fourth-order valence-corrected chi connectivity index (χ4v) is 3.69. The molecule has 2 atom stereocenters. The summed E-state index contributed by atoms with van der Waals surface area (Å²) in [5, 5.41) is 0. The Hall–Kier alpha value is -0.0800. The van der Waals surface area contributed by atoms with Crippen molar-refractivity contribution in [2.45, 2.75) is 51.0 Å². The molecule has 2 nitrogen and oxygen atoms in total. The molecular formula is C13H26N2. The zero-order valence-corrected chi connectivity index (χ0v) is 10.1. The van der Waals surface area contributed by atoms with E-state index in [2.05, 4.69) is 11.9 Å². The standard InChI is InChI=1S/C13H26N2/c1-15-9-5-4-8-13(15)12(10-14)11-6-2-3-7-11/h11-13H,2-10,14H2,1H3. The number of hydrogen-bond acceptors (Lipinski definition) is 2. The van der Waals surface area contributed by atoms with E-state index in [0.29, 0.717) is 0 Å². The van der Waals surface area contributed by atoms with Gasteiger partial charge in [-0.15, -0.1) is 0 Å². The maximum Gasteiger partial charge on any atom is 0.0135 e. The summed E-state index contributed by atoms with van der Waals surface area (Å²) in [6.07, 6.45) is 9.94. The van der Waals surface area contributed by atoms with Crippen LogP contribution in [-0.2, 0) is 0 Å². The summed E-state index contributed by atoms with van der Waals surface area (Å²) in [4.78, 5) is 2.57.